The predicted molar refractivity (Wildman–Crippen MR) is 87.8 cm³/mol. The number of hydrogen-bond acceptors (Lipinski definition) is 4. The molecule has 7 heteroatoms. The van der Waals surface area contributed by atoms with Crippen LogP contribution in [0.2, 0.25) is 0 Å². The molecule has 1 aromatic carbocycles. The summed E-state index contributed by atoms with van der Waals surface area (Å²) < 4.78 is 32.3. The Morgan fingerprint density at radius 2 is 1.91 bits per heavy atom. The van der Waals surface area contributed by atoms with Crippen LogP contribution in [0.1, 0.15) is 19.8 Å². The van der Waals surface area contributed by atoms with E-state index in [0.29, 0.717) is 42.2 Å². The van der Waals surface area contributed by atoms with Crippen LogP contribution in [0.15, 0.2) is 29.2 Å². The van der Waals surface area contributed by atoms with E-state index in [1.807, 2.05) is 6.92 Å². The molecule has 3 rings (SSSR count). The third-order valence-corrected chi connectivity index (χ3v) is 6.50. The lowest BCUT2D eigenvalue weighted by Gasteiger charge is -2.18. The van der Waals surface area contributed by atoms with Gasteiger partial charge in [-0.25, -0.2) is 8.42 Å². The number of fused-ring (bicyclic) bond motifs is 1. The number of hydrogen-bond donors (Lipinski definition) is 1. The van der Waals surface area contributed by atoms with Crippen molar-refractivity contribution >= 4 is 22.4 Å². The molecule has 1 saturated carbocycles. The number of halogens is 1. The van der Waals surface area contributed by atoms with Crippen LogP contribution in [-0.2, 0) is 10.0 Å². The zero-order chi connectivity index (χ0) is 15.0. The number of benzene rings is 1. The van der Waals surface area contributed by atoms with E-state index in [9.17, 15) is 8.42 Å². The maximum Gasteiger partial charge on any atom is 0.243 e. The van der Waals surface area contributed by atoms with Crippen molar-refractivity contribution in [2.45, 2.75) is 30.7 Å². The molecule has 3 atom stereocenters. The molecule has 1 aliphatic carbocycles. The Hall–Kier alpha value is -0.820. The molecule has 1 heterocycles. The van der Waals surface area contributed by atoms with E-state index in [-0.39, 0.29) is 18.4 Å². The van der Waals surface area contributed by atoms with Gasteiger partial charge in [0.05, 0.1) is 11.5 Å². The van der Waals surface area contributed by atoms with Crippen LogP contribution < -0.4 is 10.5 Å². The topological polar surface area (TPSA) is 72.6 Å². The fraction of sp³-hybridized carbons (Fsp3) is 0.600. The summed E-state index contributed by atoms with van der Waals surface area (Å²) in [7, 11) is -3.41. The summed E-state index contributed by atoms with van der Waals surface area (Å²) in [4.78, 5) is 0.333. The van der Waals surface area contributed by atoms with Crippen molar-refractivity contribution in [1.29, 1.82) is 0 Å². The van der Waals surface area contributed by atoms with E-state index in [4.69, 9.17) is 10.5 Å². The highest BCUT2D eigenvalue weighted by molar-refractivity contribution is 7.89. The molecule has 0 aromatic heterocycles. The van der Waals surface area contributed by atoms with Crippen LogP contribution in [-0.4, -0.2) is 38.5 Å². The van der Waals surface area contributed by atoms with Gasteiger partial charge in [0, 0.05) is 19.1 Å². The van der Waals surface area contributed by atoms with Gasteiger partial charge in [-0.05, 0) is 55.9 Å². The van der Waals surface area contributed by atoms with Gasteiger partial charge in [0.2, 0.25) is 10.0 Å². The summed E-state index contributed by atoms with van der Waals surface area (Å²) >= 11 is 0. The Bertz CT molecular complexity index is 606. The van der Waals surface area contributed by atoms with Crippen molar-refractivity contribution in [3.8, 4) is 5.75 Å². The molecule has 2 aliphatic rings. The standard InChI is InChI=1S/C15H22N2O3S.ClH/c1-2-20-12-4-6-13(7-5-12)21(18,19)17-9-11-3-8-15(16)14(11)10-17;/h4-7,11,14-15H,2-3,8-10,16H2,1H3;1H. The second-order valence-electron chi connectivity index (χ2n) is 5.89. The average molecular weight is 347 g/mol. The Kier molecular flexibility index (Phi) is 5.37. The summed E-state index contributed by atoms with van der Waals surface area (Å²) in [6.07, 6.45) is 2.06. The molecule has 1 aromatic rings. The van der Waals surface area contributed by atoms with E-state index in [1.54, 1.807) is 28.6 Å². The SMILES string of the molecule is CCOc1ccc(S(=O)(=O)N2CC3CCC(N)C3C2)cc1.Cl. The van der Waals surface area contributed by atoms with Crippen molar-refractivity contribution in [3.63, 3.8) is 0 Å². The van der Waals surface area contributed by atoms with Gasteiger partial charge in [0.25, 0.3) is 0 Å². The van der Waals surface area contributed by atoms with E-state index in [0.717, 1.165) is 12.8 Å². The van der Waals surface area contributed by atoms with Gasteiger partial charge in [-0.3, -0.25) is 0 Å². The molecule has 0 amide bonds. The van der Waals surface area contributed by atoms with Crippen LogP contribution >= 0.6 is 12.4 Å². The molecule has 0 spiro atoms. The Labute approximate surface area is 138 Å². The van der Waals surface area contributed by atoms with Gasteiger partial charge in [-0.2, -0.15) is 4.31 Å². The minimum absolute atomic E-state index is 0. The van der Waals surface area contributed by atoms with Crippen LogP contribution in [0.5, 0.6) is 5.75 Å². The first-order valence-corrected chi connectivity index (χ1v) is 8.95. The van der Waals surface area contributed by atoms with Crippen LogP contribution in [0.25, 0.3) is 0 Å². The van der Waals surface area contributed by atoms with E-state index >= 15 is 0 Å². The quantitative estimate of drug-likeness (QED) is 0.903. The van der Waals surface area contributed by atoms with Gasteiger partial charge < -0.3 is 10.5 Å². The van der Waals surface area contributed by atoms with Crippen molar-refractivity contribution < 1.29 is 13.2 Å². The summed E-state index contributed by atoms with van der Waals surface area (Å²) in [6.45, 7) is 3.63. The molecular formula is C15H23ClN2O3S. The van der Waals surface area contributed by atoms with Crippen LogP contribution in [0, 0.1) is 11.8 Å². The minimum Gasteiger partial charge on any atom is -0.494 e. The highest BCUT2D eigenvalue weighted by Crippen LogP contribution is 2.39. The molecule has 2 N–H and O–H groups in total. The molecule has 22 heavy (non-hydrogen) atoms. The maximum absolute atomic E-state index is 12.7. The number of nitrogens with two attached hydrogens (primary N) is 1. The lowest BCUT2D eigenvalue weighted by atomic mass is 9.98. The number of ether oxygens (including phenoxy) is 1. The summed E-state index contributed by atoms with van der Waals surface area (Å²) in [5, 5.41) is 0. The molecule has 0 radical (unpaired) electrons. The first kappa shape index (κ1) is 17.5. The highest BCUT2D eigenvalue weighted by atomic mass is 35.5. The van der Waals surface area contributed by atoms with E-state index < -0.39 is 10.0 Å². The van der Waals surface area contributed by atoms with Gasteiger partial charge in [0.1, 0.15) is 5.75 Å². The number of sulfonamides is 1. The third-order valence-electron chi connectivity index (χ3n) is 4.65. The smallest absolute Gasteiger partial charge is 0.243 e. The molecule has 124 valence electrons. The molecule has 2 fully saturated rings. The average Bonchev–Trinajstić information content (AvgIpc) is 3.03. The molecule has 3 unspecified atom stereocenters. The molecule has 1 saturated heterocycles. The minimum atomic E-state index is -3.41. The molecule has 0 bridgehead atoms. The summed E-state index contributed by atoms with van der Waals surface area (Å²) in [5.74, 6) is 1.44. The summed E-state index contributed by atoms with van der Waals surface area (Å²) in [5.41, 5.74) is 6.08. The molecular weight excluding hydrogens is 324 g/mol. The van der Waals surface area contributed by atoms with E-state index in [1.165, 1.54) is 0 Å². The van der Waals surface area contributed by atoms with E-state index in [2.05, 4.69) is 0 Å². The van der Waals surface area contributed by atoms with Gasteiger partial charge in [-0.15, -0.1) is 12.4 Å². The molecule has 5 nitrogen and oxygen atoms in total. The van der Waals surface area contributed by atoms with Crippen molar-refractivity contribution in [2.75, 3.05) is 19.7 Å². The highest BCUT2D eigenvalue weighted by Gasteiger charge is 2.44. The Morgan fingerprint density at radius 3 is 2.50 bits per heavy atom. The normalized spacial score (nSPS) is 28.2. The van der Waals surface area contributed by atoms with Crippen molar-refractivity contribution in [1.82, 2.24) is 4.31 Å². The lowest BCUT2D eigenvalue weighted by molar-refractivity contribution is 0.340. The predicted octanol–water partition coefficient (Wildman–Crippen LogP) is 1.86. The Morgan fingerprint density at radius 1 is 1.23 bits per heavy atom. The van der Waals surface area contributed by atoms with Crippen LogP contribution in [0.4, 0.5) is 0 Å². The largest absolute Gasteiger partial charge is 0.494 e. The second kappa shape index (κ2) is 6.74. The fourth-order valence-electron chi connectivity index (χ4n) is 3.49. The van der Waals surface area contributed by atoms with Gasteiger partial charge >= 0.3 is 0 Å². The summed E-state index contributed by atoms with van der Waals surface area (Å²) in [6, 6.07) is 6.80. The number of nitrogens with zero attached hydrogens (tertiary/aromatic N) is 1. The Balaban J connectivity index is 0.00000176. The first-order valence-electron chi connectivity index (χ1n) is 7.51. The lowest BCUT2D eigenvalue weighted by Crippen LogP contribution is -2.33. The third kappa shape index (κ3) is 3.11. The monoisotopic (exact) mass is 346 g/mol. The van der Waals surface area contributed by atoms with Crippen molar-refractivity contribution in [2.24, 2.45) is 17.6 Å². The number of rotatable bonds is 4. The molecule has 1 aliphatic heterocycles. The first-order chi connectivity index (χ1) is 10.0. The maximum atomic E-state index is 12.7. The van der Waals surface area contributed by atoms with Crippen molar-refractivity contribution in [3.05, 3.63) is 24.3 Å². The second-order valence-corrected chi connectivity index (χ2v) is 7.83. The fourth-order valence-corrected chi connectivity index (χ4v) is 5.02. The van der Waals surface area contributed by atoms with Gasteiger partial charge in [0.15, 0.2) is 0 Å². The zero-order valence-corrected chi connectivity index (χ0v) is 14.3. The zero-order valence-electron chi connectivity index (χ0n) is 12.6. The van der Waals surface area contributed by atoms with Crippen LogP contribution in [0.3, 0.4) is 0 Å². The van der Waals surface area contributed by atoms with Gasteiger partial charge in [-0.1, -0.05) is 0 Å².